The molecule has 1 fully saturated rings. The molecular formula is C22H23F3N4O3. The average Bonchev–Trinajstić information content (AvgIpc) is 3.15. The van der Waals surface area contributed by atoms with Crippen LogP contribution in [0.2, 0.25) is 0 Å². The van der Waals surface area contributed by atoms with E-state index in [1.165, 1.54) is 24.3 Å². The van der Waals surface area contributed by atoms with E-state index in [2.05, 4.69) is 20.5 Å². The van der Waals surface area contributed by atoms with Crippen LogP contribution in [0, 0.1) is 6.92 Å². The lowest BCUT2D eigenvalue weighted by molar-refractivity contribution is -0.274. The van der Waals surface area contributed by atoms with Crippen LogP contribution < -0.4 is 15.5 Å². The van der Waals surface area contributed by atoms with Crippen molar-refractivity contribution in [1.29, 1.82) is 0 Å². The molecule has 2 aliphatic heterocycles. The molecule has 2 aromatic rings. The number of benzene rings is 2. The first kappa shape index (κ1) is 22.1. The van der Waals surface area contributed by atoms with Crippen LogP contribution in [0.25, 0.3) is 0 Å². The molecule has 32 heavy (non-hydrogen) atoms. The number of hydrogen-bond donors (Lipinski definition) is 2. The highest BCUT2D eigenvalue weighted by molar-refractivity contribution is 5.99. The minimum Gasteiger partial charge on any atom is -0.406 e. The van der Waals surface area contributed by atoms with Gasteiger partial charge < -0.3 is 10.1 Å². The van der Waals surface area contributed by atoms with Crippen molar-refractivity contribution in [3.05, 3.63) is 59.7 Å². The van der Waals surface area contributed by atoms with Crippen LogP contribution in [0.15, 0.2) is 53.5 Å². The molecule has 0 bridgehead atoms. The highest BCUT2D eigenvalue weighted by Gasteiger charge is 2.40. The van der Waals surface area contributed by atoms with Crippen LogP contribution in [0.1, 0.15) is 24.0 Å². The summed E-state index contributed by atoms with van der Waals surface area (Å²) in [6.45, 7) is 3.46. The molecule has 4 rings (SSSR count). The number of aliphatic imine (C=N–C) groups is 1. The van der Waals surface area contributed by atoms with Crippen LogP contribution in [0.4, 0.5) is 18.9 Å². The Kier molecular flexibility index (Phi) is 6.07. The molecule has 0 unspecified atom stereocenters. The number of carbonyl (C=O) groups is 1. The van der Waals surface area contributed by atoms with Crippen molar-refractivity contribution in [2.24, 2.45) is 4.99 Å². The zero-order valence-corrected chi connectivity index (χ0v) is 17.4. The van der Waals surface area contributed by atoms with Crippen molar-refractivity contribution in [2.75, 3.05) is 25.0 Å². The molecular weight excluding hydrogens is 425 g/mol. The maximum atomic E-state index is 12.4. The molecule has 0 aliphatic carbocycles. The molecule has 7 nitrogen and oxygen atoms in total. The number of anilines is 1. The number of halogens is 3. The van der Waals surface area contributed by atoms with Gasteiger partial charge in [0.05, 0.1) is 6.54 Å². The van der Waals surface area contributed by atoms with Crippen LogP contribution in [-0.2, 0) is 9.63 Å². The molecule has 0 aromatic heterocycles. The number of para-hydroxylation sites is 1. The van der Waals surface area contributed by atoms with E-state index < -0.39 is 12.1 Å². The van der Waals surface area contributed by atoms with Crippen LogP contribution >= 0.6 is 0 Å². The SMILES string of the molecule is Cc1ccccc1NC(=O)CN1CCC2(CC1)N=C(c1ccc(OC(F)(F)F)cc1)NO2. The third kappa shape index (κ3) is 5.38. The Balaban J connectivity index is 1.31. The summed E-state index contributed by atoms with van der Waals surface area (Å²) in [4.78, 5) is 24.8. The number of aryl methyl sites for hydroxylation is 1. The topological polar surface area (TPSA) is 75.2 Å². The fraction of sp³-hybridized carbons (Fsp3) is 0.364. The molecule has 0 radical (unpaired) electrons. The number of nitrogens with one attached hydrogen (secondary N) is 2. The van der Waals surface area contributed by atoms with Crippen LogP contribution in [0.5, 0.6) is 5.75 Å². The third-order valence-corrected chi connectivity index (χ3v) is 5.44. The van der Waals surface area contributed by atoms with Gasteiger partial charge in [-0.25, -0.2) is 15.3 Å². The summed E-state index contributed by atoms with van der Waals surface area (Å²) in [7, 11) is 0. The van der Waals surface area contributed by atoms with Crippen molar-refractivity contribution < 1.29 is 27.5 Å². The highest BCUT2D eigenvalue weighted by Crippen LogP contribution is 2.31. The Hall–Kier alpha value is -3.11. The van der Waals surface area contributed by atoms with Crippen molar-refractivity contribution in [3.8, 4) is 5.75 Å². The number of alkyl halides is 3. The quantitative estimate of drug-likeness (QED) is 0.731. The van der Waals surface area contributed by atoms with Gasteiger partial charge in [-0.05, 0) is 42.8 Å². The lowest BCUT2D eigenvalue weighted by Crippen LogP contribution is -2.46. The molecule has 0 atom stereocenters. The van der Waals surface area contributed by atoms with Gasteiger partial charge in [0.1, 0.15) is 5.75 Å². The Bertz CT molecular complexity index is 1000. The smallest absolute Gasteiger partial charge is 0.406 e. The number of rotatable bonds is 5. The summed E-state index contributed by atoms with van der Waals surface area (Å²) in [5.41, 5.74) is 4.43. The first-order valence-electron chi connectivity index (χ1n) is 10.2. The Morgan fingerprint density at radius 2 is 1.88 bits per heavy atom. The number of ether oxygens (including phenoxy) is 1. The van der Waals surface area contributed by atoms with Crippen molar-refractivity contribution in [3.63, 3.8) is 0 Å². The van der Waals surface area contributed by atoms with Crippen LogP contribution in [-0.4, -0.2) is 48.4 Å². The number of hydroxylamine groups is 1. The molecule has 1 amide bonds. The molecule has 2 aromatic carbocycles. The fourth-order valence-electron chi connectivity index (χ4n) is 3.71. The zero-order chi connectivity index (χ0) is 22.8. The number of amides is 1. The van der Waals surface area contributed by atoms with Gasteiger partial charge in [0.25, 0.3) is 0 Å². The summed E-state index contributed by atoms with van der Waals surface area (Å²) in [6, 6.07) is 13.0. The molecule has 10 heteroatoms. The monoisotopic (exact) mass is 448 g/mol. The highest BCUT2D eigenvalue weighted by atomic mass is 19.4. The van der Waals surface area contributed by atoms with Crippen molar-refractivity contribution in [2.45, 2.75) is 31.9 Å². The molecule has 170 valence electrons. The number of nitrogens with zero attached hydrogens (tertiary/aromatic N) is 2. The number of piperidine rings is 1. The van der Waals surface area contributed by atoms with Gasteiger partial charge in [-0.2, -0.15) is 0 Å². The van der Waals surface area contributed by atoms with E-state index in [-0.39, 0.29) is 18.2 Å². The van der Waals surface area contributed by atoms with E-state index >= 15 is 0 Å². The first-order chi connectivity index (χ1) is 15.2. The average molecular weight is 448 g/mol. The third-order valence-electron chi connectivity index (χ3n) is 5.44. The van der Waals surface area contributed by atoms with Gasteiger partial charge in [-0.1, -0.05) is 18.2 Å². The van der Waals surface area contributed by atoms with Gasteiger partial charge in [0.2, 0.25) is 5.91 Å². The number of hydrogen-bond acceptors (Lipinski definition) is 6. The van der Waals surface area contributed by atoms with Crippen molar-refractivity contribution >= 4 is 17.4 Å². The molecule has 0 saturated carbocycles. The van der Waals surface area contributed by atoms with E-state index in [0.29, 0.717) is 37.3 Å². The zero-order valence-electron chi connectivity index (χ0n) is 17.4. The van der Waals surface area contributed by atoms with Gasteiger partial charge in [0.15, 0.2) is 11.6 Å². The maximum absolute atomic E-state index is 12.4. The Morgan fingerprint density at radius 1 is 1.19 bits per heavy atom. The summed E-state index contributed by atoms with van der Waals surface area (Å²) in [5.74, 6) is 0.0770. The van der Waals surface area contributed by atoms with Gasteiger partial charge in [-0.3, -0.25) is 9.69 Å². The molecule has 2 aliphatic rings. The number of amidine groups is 1. The molecule has 1 spiro atoms. The van der Waals surface area contributed by atoms with Gasteiger partial charge >= 0.3 is 6.36 Å². The second-order valence-electron chi connectivity index (χ2n) is 7.82. The first-order valence-corrected chi connectivity index (χ1v) is 10.2. The fourth-order valence-corrected chi connectivity index (χ4v) is 3.71. The van der Waals surface area contributed by atoms with Crippen LogP contribution in [0.3, 0.4) is 0 Å². The molecule has 2 N–H and O–H groups in total. The standard InChI is InChI=1S/C22H23F3N4O3/c1-15-4-2-3-5-18(15)26-19(30)14-29-12-10-21(11-13-29)27-20(28-32-21)16-6-8-17(9-7-16)31-22(23,24)25/h2-9H,10-14H2,1H3,(H,26,30)(H,27,28). The molecule has 1 saturated heterocycles. The second kappa shape index (κ2) is 8.79. The predicted octanol–water partition coefficient (Wildman–Crippen LogP) is 3.61. The van der Waals surface area contributed by atoms with Crippen molar-refractivity contribution in [1.82, 2.24) is 10.4 Å². The summed E-state index contributed by atoms with van der Waals surface area (Å²) in [5, 5.41) is 2.93. The summed E-state index contributed by atoms with van der Waals surface area (Å²) in [6.07, 6.45) is -3.57. The normalized spacial score (nSPS) is 18.2. The van der Waals surface area contributed by atoms with E-state index in [4.69, 9.17) is 4.84 Å². The minimum absolute atomic E-state index is 0.0777. The second-order valence-corrected chi connectivity index (χ2v) is 7.82. The largest absolute Gasteiger partial charge is 0.573 e. The summed E-state index contributed by atoms with van der Waals surface area (Å²) >= 11 is 0. The summed E-state index contributed by atoms with van der Waals surface area (Å²) < 4.78 is 40.8. The number of carbonyl (C=O) groups excluding carboxylic acids is 1. The minimum atomic E-state index is -4.73. The lowest BCUT2D eigenvalue weighted by Gasteiger charge is -2.35. The van der Waals surface area contributed by atoms with Gasteiger partial charge in [0, 0.05) is 37.2 Å². The Labute approximate surface area is 183 Å². The van der Waals surface area contributed by atoms with Gasteiger partial charge in [-0.15, -0.1) is 13.2 Å². The number of likely N-dealkylation sites (tertiary alicyclic amines) is 1. The lowest BCUT2D eigenvalue weighted by atomic mass is 10.0. The predicted molar refractivity (Wildman–Crippen MR) is 112 cm³/mol. The van der Waals surface area contributed by atoms with E-state index in [1.807, 2.05) is 36.1 Å². The molecule has 2 heterocycles. The van der Waals surface area contributed by atoms with E-state index in [0.717, 1.165) is 11.3 Å². The Morgan fingerprint density at radius 3 is 2.53 bits per heavy atom. The van der Waals surface area contributed by atoms with E-state index in [1.54, 1.807) is 0 Å². The van der Waals surface area contributed by atoms with E-state index in [9.17, 15) is 18.0 Å². The maximum Gasteiger partial charge on any atom is 0.573 e.